The zero-order valence-corrected chi connectivity index (χ0v) is 19.8. The summed E-state index contributed by atoms with van der Waals surface area (Å²) in [6, 6.07) is 1.11. The van der Waals surface area contributed by atoms with Crippen LogP contribution in [0.1, 0.15) is 41.1 Å². The van der Waals surface area contributed by atoms with Gasteiger partial charge in [-0.2, -0.15) is 0 Å². The van der Waals surface area contributed by atoms with E-state index in [0.29, 0.717) is 64.2 Å². The van der Waals surface area contributed by atoms with Crippen molar-refractivity contribution in [3.63, 3.8) is 0 Å². The van der Waals surface area contributed by atoms with E-state index < -0.39 is 29.3 Å². The highest BCUT2D eigenvalue weighted by Crippen LogP contribution is 2.53. The zero-order chi connectivity index (χ0) is 25.1. The molecule has 2 N–H and O–H groups in total. The van der Waals surface area contributed by atoms with E-state index in [2.05, 4.69) is 4.90 Å². The van der Waals surface area contributed by atoms with E-state index in [1.807, 2.05) is 4.90 Å². The van der Waals surface area contributed by atoms with Gasteiger partial charge in [-0.25, -0.2) is 13.6 Å². The number of aliphatic hydroxyl groups is 1. The van der Waals surface area contributed by atoms with Gasteiger partial charge < -0.3 is 24.6 Å². The number of methoxy groups -OCH3 is 1. The highest BCUT2D eigenvalue weighted by molar-refractivity contribution is 6.24. The Kier molecular flexibility index (Phi) is 8.03. The standard InChI is InChI=1S/C25H32F2N2O6/c1-34-24-21-15(17-13-19(17)26)3-2-4-16(25(32)33)23(31)18(21)14-20(27)22(24)29-7-5-28(6-8-29)9-11-35-12-10-30/h4,14-15,17,19,30H,2-3,5-13H2,1H3,(H,32,33)/b16-4+/t15?,17-,19-/m0/s1. The topological polar surface area (TPSA) is 99.5 Å². The molecule has 10 heteroatoms. The first-order valence-corrected chi connectivity index (χ1v) is 12.1. The molecule has 0 amide bonds. The van der Waals surface area contributed by atoms with Gasteiger partial charge in [0, 0.05) is 43.9 Å². The molecular formula is C25H32F2N2O6. The third-order valence-electron chi connectivity index (χ3n) is 7.12. The summed E-state index contributed by atoms with van der Waals surface area (Å²) in [5.41, 5.74) is 0.201. The van der Waals surface area contributed by atoms with Gasteiger partial charge in [0.15, 0.2) is 5.82 Å². The molecule has 1 aromatic rings. The maximum atomic E-state index is 15.6. The fourth-order valence-electron chi connectivity index (χ4n) is 5.24. The minimum Gasteiger partial charge on any atom is -0.494 e. The summed E-state index contributed by atoms with van der Waals surface area (Å²) >= 11 is 0. The van der Waals surface area contributed by atoms with Crippen molar-refractivity contribution in [1.29, 1.82) is 0 Å². The van der Waals surface area contributed by atoms with Crippen LogP contribution in [0.15, 0.2) is 17.7 Å². The average Bonchev–Trinajstić information content (AvgIpc) is 3.56. The van der Waals surface area contributed by atoms with Crippen molar-refractivity contribution in [2.45, 2.75) is 31.4 Å². The van der Waals surface area contributed by atoms with Gasteiger partial charge in [-0.3, -0.25) is 9.69 Å². The normalized spacial score (nSPS) is 26.4. The number of aliphatic hydroxyl groups excluding tert-OH is 1. The number of benzene rings is 1. The second-order valence-electron chi connectivity index (χ2n) is 9.22. The number of halogens is 2. The minimum absolute atomic E-state index is 0.0254. The van der Waals surface area contributed by atoms with Crippen molar-refractivity contribution >= 4 is 17.4 Å². The quantitative estimate of drug-likeness (QED) is 0.399. The highest BCUT2D eigenvalue weighted by atomic mass is 19.1. The maximum Gasteiger partial charge on any atom is 0.339 e. The minimum atomic E-state index is -1.36. The van der Waals surface area contributed by atoms with Crippen LogP contribution in [-0.2, 0) is 9.53 Å². The number of carboxylic acid groups (broad SMARTS) is 1. The van der Waals surface area contributed by atoms with Crippen LogP contribution >= 0.6 is 0 Å². The van der Waals surface area contributed by atoms with Crippen molar-refractivity contribution in [3.05, 3.63) is 34.7 Å². The Balaban J connectivity index is 1.67. The van der Waals surface area contributed by atoms with Crippen LogP contribution in [0.25, 0.3) is 0 Å². The number of rotatable bonds is 9. The van der Waals surface area contributed by atoms with Crippen molar-refractivity contribution in [2.75, 3.05) is 64.6 Å². The fourth-order valence-corrected chi connectivity index (χ4v) is 5.24. The van der Waals surface area contributed by atoms with E-state index >= 15 is 4.39 Å². The van der Waals surface area contributed by atoms with Crippen molar-refractivity contribution in [2.24, 2.45) is 5.92 Å². The molecule has 1 unspecified atom stereocenters. The van der Waals surface area contributed by atoms with E-state index in [1.165, 1.54) is 13.2 Å². The number of alkyl halides is 1. The first-order valence-electron chi connectivity index (χ1n) is 12.1. The van der Waals surface area contributed by atoms with Gasteiger partial charge in [-0.05, 0) is 37.2 Å². The van der Waals surface area contributed by atoms with Crippen LogP contribution in [-0.4, -0.2) is 92.7 Å². The fraction of sp³-hybridized carbons (Fsp3) is 0.600. The number of piperazine rings is 1. The number of ketones is 1. The van der Waals surface area contributed by atoms with Gasteiger partial charge in [0.2, 0.25) is 5.78 Å². The first kappa shape index (κ1) is 25.5. The van der Waals surface area contributed by atoms with Gasteiger partial charge in [0.1, 0.15) is 23.2 Å². The third-order valence-corrected chi connectivity index (χ3v) is 7.12. The van der Waals surface area contributed by atoms with Gasteiger partial charge in [0.25, 0.3) is 0 Å². The Morgan fingerprint density at radius 3 is 2.54 bits per heavy atom. The molecule has 35 heavy (non-hydrogen) atoms. The first-order chi connectivity index (χ1) is 16.9. The molecule has 0 radical (unpaired) electrons. The number of Topliss-reactive ketones (excluding diaryl/α,β-unsaturated/α-hetero) is 1. The summed E-state index contributed by atoms with van der Waals surface area (Å²) < 4.78 is 40.8. The Hall–Kier alpha value is -2.56. The van der Waals surface area contributed by atoms with Crippen molar-refractivity contribution < 1.29 is 38.1 Å². The number of carbonyl (C=O) groups excluding carboxylic acids is 1. The molecule has 2 aliphatic carbocycles. The monoisotopic (exact) mass is 494 g/mol. The van der Waals surface area contributed by atoms with Crippen LogP contribution in [0.2, 0.25) is 0 Å². The molecule has 0 bridgehead atoms. The molecule has 1 saturated carbocycles. The molecule has 3 atom stereocenters. The average molecular weight is 495 g/mol. The molecule has 1 aromatic carbocycles. The predicted octanol–water partition coefficient (Wildman–Crippen LogP) is 2.39. The molecule has 1 heterocycles. The molecule has 0 spiro atoms. The van der Waals surface area contributed by atoms with E-state index in [9.17, 15) is 19.1 Å². The lowest BCUT2D eigenvalue weighted by Gasteiger charge is -2.37. The number of ether oxygens (including phenoxy) is 2. The summed E-state index contributed by atoms with van der Waals surface area (Å²) in [6.45, 7) is 3.79. The highest BCUT2D eigenvalue weighted by Gasteiger charge is 2.47. The second kappa shape index (κ2) is 11.0. The van der Waals surface area contributed by atoms with E-state index in [0.717, 1.165) is 6.07 Å². The van der Waals surface area contributed by atoms with Crippen LogP contribution in [0.4, 0.5) is 14.5 Å². The van der Waals surface area contributed by atoms with Gasteiger partial charge in [0.05, 0.1) is 26.9 Å². The van der Waals surface area contributed by atoms with Gasteiger partial charge >= 0.3 is 5.97 Å². The summed E-state index contributed by atoms with van der Waals surface area (Å²) in [7, 11) is 1.40. The van der Waals surface area contributed by atoms with Crippen LogP contribution < -0.4 is 9.64 Å². The summed E-state index contributed by atoms with van der Waals surface area (Å²) in [6.07, 6.45) is 1.48. The molecule has 4 rings (SSSR count). The molecule has 0 aromatic heterocycles. The number of carbonyl (C=O) groups is 2. The number of hydrogen-bond donors (Lipinski definition) is 2. The molecule has 192 valence electrons. The molecule has 3 aliphatic rings. The molecule has 2 fully saturated rings. The van der Waals surface area contributed by atoms with Gasteiger partial charge in [-0.15, -0.1) is 0 Å². The lowest BCUT2D eigenvalue weighted by Crippen LogP contribution is -2.47. The Labute approximate surface area is 203 Å². The summed E-state index contributed by atoms with van der Waals surface area (Å²) in [5.74, 6) is -3.27. The van der Waals surface area contributed by atoms with Crippen LogP contribution in [0, 0.1) is 11.7 Å². The lowest BCUT2D eigenvalue weighted by atomic mass is 9.80. The summed E-state index contributed by atoms with van der Waals surface area (Å²) in [4.78, 5) is 28.9. The van der Waals surface area contributed by atoms with Gasteiger partial charge in [-0.1, -0.05) is 6.08 Å². The van der Waals surface area contributed by atoms with E-state index in [1.54, 1.807) is 0 Å². The van der Waals surface area contributed by atoms with Crippen LogP contribution in [0.5, 0.6) is 5.75 Å². The third kappa shape index (κ3) is 5.34. The number of carboxylic acids is 1. The number of aliphatic carboxylic acids is 1. The van der Waals surface area contributed by atoms with Crippen molar-refractivity contribution in [1.82, 2.24) is 4.90 Å². The predicted molar refractivity (Wildman–Crippen MR) is 125 cm³/mol. The van der Waals surface area contributed by atoms with E-state index in [4.69, 9.17) is 14.6 Å². The molecule has 8 nitrogen and oxygen atoms in total. The Bertz CT molecular complexity index is 993. The number of nitrogens with zero attached hydrogens (tertiary/aromatic N) is 2. The van der Waals surface area contributed by atoms with Crippen LogP contribution in [0.3, 0.4) is 0 Å². The number of fused-ring (bicyclic) bond motifs is 1. The van der Waals surface area contributed by atoms with E-state index in [-0.39, 0.29) is 42.0 Å². The maximum absolute atomic E-state index is 15.6. The molecular weight excluding hydrogens is 462 g/mol. The lowest BCUT2D eigenvalue weighted by molar-refractivity contribution is -0.132. The Morgan fingerprint density at radius 1 is 1.23 bits per heavy atom. The van der Waals surface area contributed by atoms with Crippen molar-refractivity contribution in [3.8, 4) is 5.75 Å². The largest absolute Gasteiger partial charge is 0.494 e. The smallest absolute Gasteiger partial charge is 0.339 e. The summed E-state index contributed by atoms with van der Waals surface area (Å²) in [5, 5.41) is 18.4. The number of anilines is 1. The Morgan fingerprint density at radius 2 is 1.94 bits per heavy atom. The number of hydrogen-bond acceptors (Lipinski definition) is 7. The zero-order valence-electron chi connectivity index (χ0n) is 19.8. The molecule has 1 aliphatic heterocycles. The second-order valence-corrected chi connectivity index (χ2v) is 9.22. The number of allylic oxidation sites excluding steroid dienone is 1. The molecule has 1 saturated heterocycles. The SMILES string of the molecule is COc1c2c(cc(F)c1N1CCN(CCOCCO)CC1)C(=O)/C(C(=O)O)=C\CCC2[C@@H]1C[C@@H]1F.